The van der Waals surface area contributed by atoms with Gasteiger partial charge in [0.25, 0.3) is 0 Å². The second-order valence-electron chi connectivity index (χ2n) is 8.62. The summed E-state index contributed by atoms with van der Waals surface area (Å²) in [5.41, 5.74) is 6.72. The van der Waals surface area contributed by atoms with E-state index in [9.17, 15) is 4.79 Å². The molecule has 4 rings (SSSR count). The minimum Gasteiger partial charge on any atom is -0.495 e. The molecule has 0 saturated heterocycles. The SMILES string of the molecule is CCN(CC)c1ccc(-n2nc3cc(C)c(NC(=O)/C=C/c4cc(Cl)cc(Cl)c4OC)cc3n2)c(C)c1. The number of carbonyl (C=O) groups is 1. The van der Waals surface area contributed by atoms with Crippen molar-refractivity contribution in [1.82, 2.24) is 15.0 Å². The molecule has 0 fully saturated rings. The van der Waals surface area contributed by atoms with Crippen LogP contribution in [0.1, 0.15) is 30.5 Å². The van der Waals surface area contributed by atoms with E-state index in [1.54, 1.807) is 23.0 Å². The van der Waals surface area contributed by atoms with Crippen LogP contribution < -0.4 is 15.0 Å². The van der Waals surface area contributed by atoms with Crippen LogP contribution >= 0.6 is 23.2 Å². The topological polar surface area (TPSA) is 72.3 Å². The van der Waals surface area contributed by atoms with Crippen molar-refractivity contribution in [2.45, 2.75) is 27.7 Å². The number of nitrogens with one attached hydrogen (secondary N) is 1. The summed E-state index contributed by atoms with van der Waals surface area (Å²) in [6.07, 6.45) is 3.02. The van der Waals surface area contributed by atoms with E-state index in [1.807, 2.05) is 25.1 Å². The number of rotatable bonds is 8. The van der Waals surface area contributed by atoms with Crippen LogP contribution in [0.2, 0.25) is 10.0 Å². The quantitative estimate of drug-likeness (QED) is 0.249. The molecule has 0 aliphatic heterocycles. The first-order chi connectivity index (χ1) is 17.7. The van der Waals surface area contributed by atoms with Crippen molar-refractivity contribution in [2.24, 2.45) is 0 Å². The van der Waals surface area contributed by atoms with Crippen LogP contribution in [-0.2, 0) is 4.79 Å². The Kier molecular flexibility index (Phi) is 8.05. The zero-order valence-corrected chi connectivity index (χ0v) is 23.0. The Morgan fingerprint density at radius 2 is 1.73 bits per heavy atom. The van der Waals surface area contributed by atoms with Crippen LogP contribution in [0.4, 0.5) is 11.4 Å². The van der Waals surface area contributed by atoms with Gasteiger partial charge in [0.15, 0.2) is 0 Å². The third kappa shape index (κ3) is 5.73. The molecule has 7 nitrogen and oxygen atoms in total. The van der Waals surface area contributed by atoms with Gasteiger partial charge in [-0.2, -0.15) is 4.80 Å². The fourth-order valence-electron chi connectivity index (χ4n) is 4.22. The van der Waals surface area contributed by atoms with Gasteiger partial charge in [-0.05, 0) is 87.4 Å². The van der Waals surface area contributed by atoms with Gasteiger partial charge in [-0.15, -0.1) is 10.2 Å². The molecular formula is C28H29Cl2N5O2. The molecule has 1 heterocycles. The number of hydrogen-bond acceptors (Lipinski definition) is 5. The van der Waals surface area contributed by atoms with Crippen LogP contribution in [-0.4, -0.2) is 41.1 Å². The minimum atomic E-state index is -0.309. The molecule has 9 heteroatoms. The highest BCUT2D eigenvalue weighted by atomic mass is 35.5. The third-order valence-corrected chi connectivity index (χ3v) is 6.66. The van der Waals surface area contributed by atoms with Crippen LogP contribution in [0.25, 0.3) is 22.8 Å². The summed E-state index contributed by atoms with van der Waals surface area (Å²) in [5.74, 6) is 0.139. The highest BCUT2D eigenvalue weighted by molar-refractivity contribution is 6.36. The van der Waals surface area contributed by atoms with Gasteiger partial charge in [0.05, 0.1) is 17.8 Å². The Labute approximate surface area is 226 Å². The lowest BCUT2D eigenvalue weighted by molar-refractivity contribution is -0.111. The van der Waals surface area contributed by atoms with Crippen molar-refractivity contribution in [3.8, 4) is 11.4 Å². The number of hydrogen-bond donors (Lipinski definition) is 1. The summed E-state index contributed by atoms with van der Waals surface area (Å²) >= 11 is 12.3. The maximum absolute atomic E-state index is 12.7. The van der Waals surface area contributed by atoms with Crippen molar-refractivity contribution in [1.29, 1.82) is 0 Å². The number of carbonyl (C=O) groups excluding carboxylic acids is 1. The fraction of sp³-hybridized carbons (Fsp3) is 0.250. The summed E-state index contributed by atoms with van der Waals surface area (Å²) in [6, 6.07) is 13.3. The minimum absolute atomic E-state index is 0.309. The number of aromatic nitrogens is 3. The highest BCUT2D eigenvalue weighted by Crippen LogP contribution is 2.33. The molecule has 3 aromatic carbocycles. The largest absolute Gasteiger partial charge is 0.495 e. The standard InChI is InChI=1S/C28H29Cl2N5O2/c1-6-34(7-2)21-9-10-26(18(4)12-21)35-32-24-13-17(3)23(16-25(24)33-35)31-27(36)11-8-19-14-20(29)15-22(30)28(19)37-5/h8-16H,6-7H2,1-5H3,(H,31,36)/b11-8+. The van der Waals surface area contributed by atoms with Crippen molar-refractivity contribution < 1.29 is 9.53 Å². The lowest BCUT2D eigenvalue weighted by Gasteiger charge is -2.22. The zero-order chi connectivity index (χ0) is 26.7. The predicted molar refractivity (Wildman–Crippen MR) is 153 cm³/mol. The number of aryl methyl sites for hydroxylation is 2. The van der Waals surface area contributed by atoms with Crippen LogP contribution in [0, 0.1) is 13.8 Å². The Hall–Kier alpha value is -3.55. The second kappa shape index (κ2) is 11.2. The summed E-state index contributed by atoms with van der Waals surface area (Å²) in [6.45, 7) is 10.2. The normalized spacial score (nSPS) is 11.3. The molecule has 0 radical (unpaired) electrons. The lowest BCUT2D eigenvalue weighted by Crippen LogP contribution is -2.21. The van der Waals surface area contributed by atoms with Crippen molar-refractivity contribution in [2.75, 3.05) is 30.4 Å². The molecule has 0 aliphatic rings. The van der Waals surface area contributed by atoms with Crippen LogP contribution in [0.3, 0.4) is 0 Å². The number of halogens is 2. The molecule has 1 amide bonds. The van der Waals surface area contributed by atoms with Gasteiger partial charge in [0.2, 0.25) is 5.91 Å². The molecule has 1 aromatic heterocycles. The van der Waals surface area contributed by atoms with Gasteiger partial charge in [-0.1, -0.05) is 23.2 Å². The van der Waals surface area contributed by atoms with E-state index in [1.165, 1.54) is 18.9 Å². The zero-order valence-electron chi connectivity index (χ0n) is 21.5. The molecule has 0 spiro atoms. The first kappa shape index (κ1) is 26.5. The van der Waals surface area contributed by atoms with Gasteiger partial charge >= 0.3 is 0 Å². The smallest absolute Gasteiger partial charge is 0.248 e. The van der Waals surface area contributed by atoms with E-state index in [0.717, 1.165) is 35.4 Å². The maximum atomic E-state index is 12.7. The van der Waals surface area contributed by atoms with Crippen LogP contribution in [0.15, 0.2) is 48.5 Å². The van der Waals surface area contributed by atoms with E-state index in [0.29, 0.717) is 32.6 Å². The Morgan fingerprint density at radius 3 is 2.38 bits per heavy atom. The molecule has 1 N–H and O–H groups in total. The summed E-state index contributed by atoms with van der Waals surface area (Å²) < 4.78 is 5.33. The monoisotopic (exact) mass is 537 g/mol. The van der Waals surface area contributed by atoms with Crippen molar-refractivity contribution >= 4 is 57.6 Å². The highest BCUT2D eigenvalue weighted by Gasteiger charge is 2.13. The number of benzene rings is 3. The van der Waals surface area contributed by atoms with Gasteiger partial charge < -0.3 is 15.0 Å². The fourth-order valence-corrected chi connectivity index (χ4v) is 4.81. The van der Waals surface area contributed by atoms with Gasteiger partial charge in [-0.25, -0.2) is 0 Å². The van der Waals surface area contributed by atoms with E-state index in [4.69, 9.17) is 27.9 Å². The van der Waals surface area contributed by atoms with Crippen LogP contribution in [0.5, 0.6) is 5.75 Å². The molecule has 4 aromatic rings. The average molecular weight is 538 g/mol. The van der Waals surface area contributed by atoms with Gasteiger partial charge in [0.1, 0.15) is 16.8 Å². The van der Waals surface area contributed by atoms with E-state index < -0.39 is 0 Å². The summed E-state index contributed by atoms with van der Waals surface area (Å²) in [5, 5.41) is 13.1. The molecule has 0 saturated carbocycles. The molecular weight excluding hydrogens is 509 g/mol. The van der Waals surface area contributed by atoms with E-state index in [-0.39, 0.29) is 5.91 Å². The summed E-state index contributed by atoms with van der Waals surface area (Å²) in [7, 11) is 1.51. The van der Waals surface area contributed by atoms with Gasteiger partial charge in [-0.3, -0.25) is 4.79 Å². The maximum Gasteiger partial charge on any atom is 0.248 e. The van der Waals surface area contributed by atoms with Gasteiger partial charge in [0, 0.05) is 41.1 Å². The predicted octanol–water partition coefficient (Wildman–Crippen LogP) is 6.85. The Bertz CT molecular complexity index is 1490. The molecule has 0 aliphatic carbocycles. The second-order valence-corrected chi connectivity index (χ2v) is 9.46. The molecule has 0 atom stereocenters. The van der Waals surface area contributed by atoms with Crippen molar-refractivity contribution in [3.05, 3.63) is 75.3 Å². The number of methoxy groups -OCH3 is 1. The first-order valence-corrected chi connectivity index (χ1v) is 12.7. The third-order valence-electron chi connectivity index (χ3n) is 6.16. The average Bonchev–Trinajstić information content (AvgIpc) is 3.25. The molecule has 0 bridgehead atoms. The molecule has 37 heavy (non-hydrogen) atoms. The molecule has 0 unspecified atom stereocenters. The van der Waals surface area contributed by atoms with E-state index in [2.05, 4.69) is 53.3 Å². The Morgan fingerprint density at radius 1 is 1.03 bits per heavy atom. The first-order valence-electron chi connectivity index (χ1n) is 12.0. The number of nitrogens with zero attached hydrogens (tertiary/aromatic N) is 4. The summed E-state index contributed by atoms with van der Waals surface area (Å²) in [4.78, 5) is 16.6. The number of amides is 1. The number of ether oxygens (including phenoxy) is 1. The van der Waals surface area contributed by atoms with E-state index >= 15 is 0 Å². The number of fused-ring (bicyclic) bond motifs is 1. The lowest BCUT2D eigenvalue weighted by atomic mass is 10.1. The van der Waals surface area contributed by atoms with Crippen molar-refractivity contribution in [3.63, 3.8) is 0 Å². The Balaban J connectivity index is 1.58. The number of anilines is 2. The molecule has 192 valence electrons.